The second-order valence-electron chi connectivity index (χ2n) is 9.80. The molecule has 4 rings (SSSR count). The number of benzene rings is 1. The van der Waals surface area contributed by atoms with Gasteiger partial charge in [0.25, 0.3) is 11.5 Å². The number of hydrogen-bond donors (Lipinski definition) is 2. The summed E-state index contributed by atoms with van der Waals surface area (Å²) in [6.07, 6.45) is 5.72. The van der Waals surface area contributed by atoms with Crippen LogP contribution in [-0.2, 0) is 13.6 Å². The van der Waals surface area contributed by atoms with Crippen molar-refractivity contribution in [2.24, 2.45) is 12.5 Å². The number of rotatable bonds is 8. The molecule has 13 heteroatoms. The highest BCUT2D eigenvalue weighted by Crippen LogP contribution is 2.41. The van der Waals surface area contributed by atoms with E-state index in [9.17, 15) is 24.3 Å². The zero-order valence-electron chi connectivity index (χ0n) is 21.5. The normalized spacial score (nSPS) is 13.1. The first-order chi connectivity index (χ1) is 18.4. The van der Waals surface area contributed by atoms with Gasteiger partial charge in [0, 0.05) is 30.1 Å². The van der Waals surface area contributed by atoms with Gasteiger partial charge in [-0.15, -0.1) is 0 Å². The molecule has 3 heterocycles. The number of halogens is 2. The van der Waals surface area contributed by atoms with Crippen molar-refractivity contribution in [3.8, 4) is 11.8 Å². The molecule has 3 aromatic heterocycles. The van der Waals surface area contributed by atoms with Gasteiger partial charge in [0.15, 0.2) is 5.69 Å². The third kappa shape index (κ3) is 5.68. The Morgan fingerprint density at radius 2 is 2.10 bits per heavy atom. The third-order valence-corrected chi connectivity index (χ3v) is 6.62. The average molecular weight is 554 g/mol. The molecule has 1 amide bonds. The van der Waals surface area contributed by atoms with Gasteiger partial charge in [0.2, 0.25) is 5.75 Å². The average Bonchev–Trinajstić information content (AvgIpc) is 3.57. The van der Waals surface area contributed by atoms with Gasteiger partial charge in [-0.3, -0.25) is 18.8 Å². The fraction of sp³-hybridized carbons (Fsp3) is 0.308. The third-order valence-electron chi connectivity index (χ3n) is 6.28. The van der Waals surface area contributed by atoms with Crippen molar-refractivity contribution in [2.75, 3.05) is 5.32 Å². The van der Waals surface area contributed by atoms with Crippen LogP contribution < -0.4 is 10.9 Å². The van der Waals surface area contributed by atoms with E-state index < -0.39 is 46.0 Å². The summed E-state index contributed by atoms with van der Waals surface area (Å²) >= 11 is 6.52. The molecule has 0 bridgehead atoms. The van der Waals surface area contributed by atoms with Crippen LogP contribution in [0.4, 0.5) is 10.1 Å². The highest BCUT2D eigenvalue weighted by Gasteiger charge is 2.32. The molecule has 2 N–H and O–H groups in total. The van der Waals surface area contributed by atoms with Gasteiger partial charge < -0.3 is 14.9 Å². The van der Waals surface area contributed by atoms with E-state index in [0.29, 0.717) is 17.7 Å². The number of aromatic nitrogens is 5. The van der Waals surface area contributed by atoms with E-state index in [4.69, 9.17) is 16.1 Å². The predicted octanol–water partition coefficient (Wildman–Crippen LogP) is 4.20. The molecule has 1 aromatic carbocycles. The van der Waals surface area contributed by atoms with Crippen molar-refractivity contribution in [1.82, 2.24) is 24.5 Å². The Kier molecular flexibility index (Phi) is 7.56. The van der Waals surface area contributed by atoms with Crippen LogP contribution in [0.5, 0.6) is 5.75 Å². The lowest BCUT2D eigenvalue weighted by atomic mass is 9.82. The standard InChI is InChI=1S/C26H25ClFN7O4/c1-14(23-33-21(22(36)25(38)34(23)4)24(37)32-17-9-31-39-11-17)20(18-7-16(28)5-6-19(18)27)15-8-30-35(10-15)13-26(2,3)12-29/h5-11,14,20,36H,13H2,1-4H3,(H,32,37). The van der Waals surface area contributed by atoms with Crippen LogP contribution in [0.1, 0.15) is 60.0 Å². The number of anilines is 1. The topological polar surface area (TPSA) is 152 Å². The maximum absolute atomic E-state index is 14.4. The first-order valence-electron chi connectivity index (χ1n) is 11.8. The van der Waals surface area contributed by atoms with Crippen LogP contribution in [-0.4, -0.2) is 35.5 Å². The van der Waals surface area contributed by atoms with E-state index in [1.807, 2.05) is 0 Å². The minimum atomic E-state index is -0.853. The number of carbonyl (C=O) groups is 1. The Balaban J connectivity index is 1.84. The van der Waals surface area contributed by atoms with E-state index in [-0.39, 0.29) is 16.5 Å². The molecule has 0 spiro atoms. The summed E-state index contributed by atoms with van der Waals surface area (Å²) in [5.74, 6) is -3.44. The van der Waals surface area contributed by atoms with Crippen molar-refractivity contribution in [2.45, 2.75) is 39.2 Å². The molecule has 0 fully saturated rings. The summed E-state index contributed by atoms with van der Waals surface area (Å²) in [6.45, 7) is 5.59. The van der Waals surface area contributed by atoms with Gasteiger partial charge in [0.1, 0.15) is 23.6 Å². The first kappa shape index (κ1) is 27.5. The first-order valence-corrected chi connectivity index (χ1v) is 12.2. The summed E-state index contributed by atoms with van der Waals surface area (Å²) in [6, 6.07) is 6.17. The van der Waals surface area contributed by atoms with Crippen molar-refractivity contribution >= 4 is 23.2 Å². The summed E-state index contributed by atoms with van der Waals surface area (Å²) in [7, 11) is 1.41. The number of nitrogens with zero attached hydrogens (tertiary/aromatic N) is 6. The Labute approximate surface area is 227 Å². The van der Waals surface area contributed by atoms with E-state index >= 15 is 0 Å². The van der Waals surface area contributed by atoms with Gasteiger partial charge in [-0.2, -0.15) is 10.4 Å². The van der Waals surface area contributed by atoms with E-state index in [1.165, 1.54) is 37.7 Å². The molecule has 2 unspecified atom stereocenters. The summed E-state index contributed by atoms with van der Waals surface area (Å²) in [4.78, 5) is 30.2. The van der Waals surface area contributed by atoms with Crippen molar-refractivity contribution < 1.29 is 18.8 Å². The smallest absolute Gasteiger partial charge is 0.296 e. The molecule has 0 saturated carbocycles. The molecule has 202 valence electrons. The fourth-order valence-corrected chi connectivity index (χ4v) is 4.57. The second kappa shape index (κ2) is 10.7. The lowest BCUT2D eigenvalue weighted by molar-refractivity contribution is 0.101. The lowest BCUT2D eigenvalue weighted by Crippen LogP contribution is -2.29. The SMILES string of the molecule is CC(c1nc(C(=O)Nc2cnoc2)c(O)c(=O)n1C)C(c1cnn(CC(C)(C)C#N)c1)c1cc(F)ccc1Cl. The Bertz CT molecular complexity index is 1620. The van der Waals surface area contributed by atoms with Crippen molar-refractivity contribution in [3.05, 3.63) is 86.9 Å². The number of hydrogen-bond acceptors (Lipinski definition) is 8. The quantitative estimate of drug-likeness (QED) is 0.329. The van der Waals surface area contributed by atoms with Gasteiger partial charge in [-0.05, 0) is 43.2 Å². The van der Waals surface area contributed by atoms with Gasteiger partial charge in [-0.25, -0.2) is 9.37 Å². The monoisotopic (exact) mass is 553 g/mol. The molecule has 2 atom stereocenters. The molecular weight excluding hydrogens is 529 g/mol. The molecule has 0 saturated heterocycles. The fourth-order valence-electron chi connectivity index (χ4n) is 4.34. The van der Waals surface area contributed by atoms with Crippen molar-refractivity contribution in [3.63, 3.8) is 0 Å². The zero-order chi connectivity index (χ0) is 28.5. The summed E-state index contributed by atoms with van der Waals surface area (Å²) < 4.78 is 21.8. The van der Waals surface area contributed by atoms with Crippen LogP contribution in [0.2, 0.25) is 5.02 Å². The van der Waals surface area contributed by atoms with E-state index in [1.54, 1.807) is 37.8 Å². The van der Waals surface area contributed by atoms with Crippen LogP contribution in [0.25, 0.3) is 0 Å². The highest BCUT2D eigenvalue weighted by atomic mass is 35.5. The molecule has 0 aliphatic heterocycles. The molecule has 4 aromatic rings. The number of carbonyl (C=O) groups excluding carboxylic acids is 1. The van der Waals surface area contributed by atoms with E-state index in [0.717, 1.165) is 4.57 Å². The number of amides is 1. The summed E-state index contributed by atoms with van der Waals surface area (Å²) in [5.41, 5.74) is -0.832. The Morgan fingerprint density at radius 1 is 1.36 bits per heavy atom. The molecular formula is C26H25ClFN7O4. The largest absolute Gasteiger partial charge is 0.501 e. The van der Waals surface area contributed by atoms with Crippen LogP contribution >= 0.6 is 11.6 Å². The number of nitrogens with one attached hydrogen (secondary N) is 1. The van der Waals surface area contributed by atoms with Gasteiger partial charge >= 0.3 is 0 Å². The van der Waals surface area contributed by atoms with Gasteiger partial charge in [-0.1, -0.05) is 23.7 Å². The Morgan fingerprint density at radius 3 is 2.77 bits per heavy atom. The predicted molar refractivity (Wildman–Crippen MR) is 139 cm³/mol. The number of aromatic hydroxyl groups is 1. The van der Waals surface area contributed by atoms with E-state index in [2.05, 4.69) is 26.6 Å². The maximum Gasteiger partial charge on any atom is 0.296 e. The highest BCUT2D eigenvalue weighted by molar-refractivity contribution is 6.31. The minimum absolute atomic E-state index is 0.128. The van der Waals surface area contributed by atoms with Crippen LogP contribution in [0, 0.1) is 22.6 Å². The maximum atomic E-state index is 14.4. The van der Waals surface area contributed by atoms with Crippen LogP contribution in [0.3, 0.4) is 0 Å². The summed E-state index contributed by atoms with van der Waals surface area (Å²) in [5, 5.41) is 30.5. The zero-order valence-corrected chi connectivity index (χ0v) is 22.3. The lowest BCUT2D eigenvalue weighted by Gasteiger charge is -2.26. The van der Waals surface area contributed by atoms with Crippen molar-refractivity contribution in [1.29, 1.82) is 5.26 Å². The molecule has 11 nitrogen and oxygen atoms in total. The Hall–Kier alpha value is -4.50. The minimum Gasteiger partial charge on any atom is -0.501 e. The molecule has 0 aliphatic rings. The molecule has 0 radical (unpaired) electrons. The molecule has 0 aliphatic carbocycles. The van der Waals surface area contributed by atoms with Crippen LogP contribution in [0.15, 0.2) is 52.4 Å². The van der Waals surface area contributed by atoms with Gasteiger partial charge in [0.05, 0.1) is 30.4 Å². The second-order valence-corrected chi connectivity index (χ2v) is 10.2. The number of nitriles is 1. The molecule has 39 heavy (non-hydrogen) atoms.